The maximum atomic E-state index is 14.0. The first kappa shape index (κ1) is 14.8. The molecule has 1 heterocycles. The molecule has 1 aliphatic carbocycles. The molecule has 0 saturated carbocycles. The van der Waals surface area contributed by atoms with Crippen molar-refractivity contribution in [2.45, 2.75) is 12.8 Å². The number of rotatable bonds is 1. The number of hydrogen-bond donors (Lipinski definition) is 0. The summed E-state index contributed by atoms with van der Waals surface area (Å²) in [5, 5.41) is 0. The fourth-order valence-corrected chi connectivity index (χ4v) is 3.26. The van der Waals surface area contributed by atoms with Crippen molar-refractivity contribution in [1.82, 2.24) is 4.98 Å². The molecule has 0 aliphatic heterocycles. The molecule has 1 aromatic heterocycles. The lowest BCUT2D eigenvalue weighted by Gasteiger charge is -2.12. The average Bonchev–Trinajstić information content (AvgIpc) is 2.74. The Kier molecular flexibility index (Phi) is 3.69. The summed E-state index contributed by atoms with van der Waals surface area (Å²) in [7, 11) is 0. The van der Waals surface area contributed by atoms with Gasteiger partial charge in [0.15, 0.2) is 0 Å². The highest BCUT2D eigenvalue weighted by molar-refractivity contribution is 5.94. The zero-order chi connectivity index (χ0) is 16.5. The molecule has 0 bridgehead atoms. The molecule has 4 rings (SSSR count). The zero-order valence-electron chi connectivity index (χ0n) is 13.0. The summed E-state index contributed by atoms with van der Waals surface area (Å²) >= 11 is 0. The van der Waals surface area contributed by atoms with Gasteiger partial charge in [-0.25, -0.2) is 9.37 Å². The number of aryl methyl sites for hydroxylation is 2. The Balaban J connectivity index is 1.99. The fraction of sp³-hybridized carbons (Fsp3) is 0.0952. The number of benzene rings is 2. The van der Waals surface area contributed by atoms with Gasteiger partial charge in [-0.2, -0.15) is 4.39 Å². The van der Waals surface area contributed by atoms with Crippen LogP contribution in [0, 0.1) is 11.8 Å². The molecular weight excluding hydrogens is 304 g/mol. The van der Waals surface area contributed by atoms with Crippen LogP contribution in [0.2, 0.25) is 0 Å². The van der Waals surface area contributed by atoms with Crippen molar-refractivity contribution in [2.75, 3.05) is 0 Å². The van der Waals surface area contributed by atoms with Crippen molar-refractivity contribution in [3.63, 3.8) is 0 Å². The second kappa shape index (κ2) is 6.00. The van der Waals surface area contributed by atoms with Gasteiger partial charge in [0.1, 0.15) is 5.82 Å². The molecule has 118 valence electrons. The average molecular weight is 319 g/mol. The summed E-state index contributed by atoms with van der Waals surface area (Å²) in [5.41, 5.74) is 5.48. The lowest BCUT2D eigenvalue weighted by atomic mass is 9.92. The number of nitrogens with zero attached hydrogens (tertiary/aromatic N) is 1. The second-order valence-electron chi connectivity index (χ2n) is 5.90. The molecule has 0 atom stereocenters. The summed E-state index contributed by atoms with van der Waals surface area (Å²) in [5.74, 6) is -0.748. The van der Waals surface area contributed by atoms with E-state index in [1.54, 1.807) is 24.3 Å². The fourth-order valence-electron chi connectivity index (χ4n) is 3.26. The largest absolute Gasteiger partial charge is 0.228 e. The van der Waals surface area contributed by atoms with Crippen LogP contribution in [0.15, 0.2) is 60.8 Å². The summed E-state index contributed by atoms with van der Waals surface area (Å²) < 4.78 is 27.7. The maximum absolute atomic E-state index is 14.0. The molecule has 0 radical (unpaired) electrons. The van der Waals surface area contributed by atoms with Crippen molar-refractivity contribution in [3.05, 3.63) is 100 Å². The van der Waals surface area contributed by atoms with Crippen LogP contribution in [0.1, 0.15) is 27.8 Å². The number of aromatic nitrogens is 1. The number of hydrogen-bond acceptors (Lipinski definition) is 1. The maximum Gasteiger partial charge on any atom is 0.220 e. The minimum atomic E-state index is -0.504. The van der Waals surface area contributed by atoms with Gasteiger partial charge >= 0.3 is 0 Å². The predicted molar refractivity (Wildman–Crippen MR) is 91.4 cm³/mol. The van der Waals surface area contributed by atoms with E-state index in [-0.39, 0.29) is 5.82 Å². The lowest BCUT2D eigenvalue weighted by Crippen LogP contribution is -1.95. The number of halogens is 2. The molecule has 0 amide bonds. The Morgan fingerprint density at radius 1 is 0.833 bits per heavy atom. The van der Waals surface area contributed by atoms with E-state index >= 15 is 0 Å². The summed E-state index contributed by atoms with van der Waals surface area (Å²) in [4.78, 5) is 3.72. The molecule has 2 aromatic carbocycles. The standard InChI is InChI=1S/C21H15F2N/c22-17-9-10-19-15(12-17)8-7-14-4-1-2-6-18(14)20(19)13-16-5-3-11-24-21(16)23/h1-6,9-13H,7-8H2/b20-13-. The van der Waals surface area contributed by atoms with Crippen LogP contribution < -0.4 is 0 Å². The van der Waals surface area contributed by atoms with E-state index in [1.165, 1.54) is 17.8 Å². The lowest BCUT2D eigenvalue weighted by molar-refractivity contribution is 0.581. The van der Waals surface area contributed by atoms with Gasteiger partial charge < -0.3 is 0 Å². The highest BCUT2D eigenvalue weighted by atomic mass is 19.1. The van der Waals surface area contributed by atoms with Crippen molar-refractivity contribution in [3.8, 4) is 0 Å². The van der Waals surface area contributed by atoms with E-state index in [9.17, 15) is 8.78 Å². The van der Waals surface area contributed by atoms with Crippen LogP contribution in [-0.4, -0.2) is 4.98 Å². The third-order valence-corrected chi connectivity index (χ3v) is 4.42. The second-order valence-corrected chi connectivity index (χ2v) is 5.90. The molecule has 0 saturated heterocycles. The van der Waals surface area contributed by atoms with Crippen LogP contribution in [-0.2, 0) is 12.8 Å². The van der Waals surface area contributed by atoms with Crippen molar-refractivity contribution < 1.29 is 8.78 Å². The minimum absolute atomic E-state index is 0.244. The van der Waals surface area contributed by atoms with E-state index < -0.39 is 5.95 Å². The number of pyridine rings is 1. The van der Waals surface area contributed by atoms with Crippen molar-refractivity contribution >= 4 is 11.6 Å². The third kappa shape index (κ3) is 2.62. The van der Waals surface area contributed by atoms with E-state index in [4.69, 9.17) is 0 Å². The molecule has 1 nitrogen and oxygen atoms in total. The van der Waals surface area contributed by atoms with Crippen LogP contribution in [0.5, 0.6) is 0 Å². The highest BCUT2D eigenvalue weighted by Gasteiger charge is 2.19. The smallest absolute Gasteiger partial charge is 0.220 e. The van der Waals surface area contributed by atoms with Gasteiger partial charge in [0, 0.05) is 11.8 Å². The molecule has 0 N–H and O–H groups in total. The van der Waals surface area contributed by atoms with Crippen molar-refractivity contribution in [1.29, 1.82) is 0 Å². The van der Waals surface area contributed by atoms with E-state index in [2.05, 4.69) is 11.1 Å². The van der Waals surface area contributed by atoms with Crippen LogP contribution in [0.25, 0.3) is 11.6 Å². The van der Waals surface area contributed by atoms with Crippen molar-refractivity contribution in [2.24, 2.45) is 0 Å². The summed E-state index contributed by atoms with van der Waals surface area (Å²) in [6.45, 7) is 0. The first-order valence-electron chi connectivity index (χ1n) is 7.91. The van der Waals surface area contributed by atoms with Gasteiger partial charge in [0.2, 0.25) is 5.95 Å². The van der Waals surface area contributed by atoms with Gasteiger partial charge in [-0.15, -0.1) is 0 Å². The summed E-state index contributed by atoms with van der Waals surface area (Å²) in [6, 6.07) is 16.3. The third-order valence-electron chi connectivity index (χ3n) is 4.42. The normalized spacial score (nSPS) is 14.8. The predicted octanol–water partition coefficient (Wildman–Crippen LogP) is 5.05. The molecule has 3 aromatic rings. The molecule has 3 heteroatoms. The Morgan fingerprint density at radius 2 is 1.62 bits per heavy atom. The number of fused-ring (bicyclic) bond motifs is 2. The van der Waals surface area contributed by atoms with Crippen LogP contribution in [0.4, 0.5) is 8.78 Å². The van der Waals surface area contributed by atoms with Gasteiger partial charge in [-0.1, -0.05) is 30.3 Å². The minimum Gasteiger partial charge on any atom is -0.228 e. The van der Waals surface area contributed by atoms with E-state index in [1.807, 2.05) is 24.3 Å². The monoisotopic (exact) mass is 319 g/mol. The van der Waals surface area contributed by atoms with E-state index in [0.29, 0.717) is 5.56 Å². The summed E-state index contributed by atoms with van der Waals surface area (Å²) in [6.07, 6.45) is 4.83. The van der Waals surface area contributed by atoms with Gasteiger partial charge in [-0.05, 0) is 71.0 Å². The van der Waals surface area contributed by atoms with E-state index in [0.717, 1.165) is 35.1 Å². The Hall–Kier alpha value is -2.81. The van der Waals surface area contributed by atoms with Gasteiger partial charge in [0.25, 0.3) is 0 Å². The van der Waals surface area contributed by atoms with Crippen LogP contribution >= 0.6 is 0 Å². The molecule has 24 heavy (non-hydrogen) atoms. The van der Waals surface area contributed by atoms with Gasteiger partial charge in [-0.3, -0.25) is 0 Å². The molecule has 1 aliphatic rings. The first-order valence-corrected chi connectivity index (χ1v) is 7.91. The van der Waals surface area contributed by atoms with Gasteiger partial charge in [0.05, 0.1) is 0 Å². The topological polar surface area (TPSA) is 12.9 Å². The Morgan fingerprint density at radius 3 is 2.50 bits per heavy atom. The molecule has 0 spiro atoms. The molecule has 0 unspecified atom stereocenters. The molecular formula is C21H15F2N. The highest BCUT2D eigenvalue weighted by Crippen LogP contribution is 2.35. The Bertz CT molecular complexity index is 944. The SMILES string of the molecule is Fc1ccc2c(c1)CCc1ccccc1/C2=C/c1cccnc1F. The molecule has 0 fully saturated rings. The first-order chi connectivity index (χ1) is 11.7. The van der Waals surface area contributed by atoms with Crippen LogP contribution in [0.3, 0.4) is 0 Å². The quantitative estimate of drug-likeness (QED) is 0.572. The Labute approximate surface area is 139 Å². The zero-order valence-corrected chi connectivity index (χ0v) is 13.0.